The highest BCUT2D eigenvalue weighted by molar-refractivity contribution is 6.04. The highest BCUT2D eigenvalue weighted by atomic mass is 16.3. The average molecular weight is 439 g/mol. The number of fused-ring (bicyclic) bond motifs is 1. The van der Waals surface area contributed by atoms with Crippen LogP contribution in [0.25, 0.3) is 33.3 Å². The van der Waals surface area contributed by atoms with Crippen molar-refractivity contribution in [2.24, 2.45) is 0 Å². The number of hydrogen-bond acceptors (Lipinski definition) is 2. The van der Waals surface area contributed by atoms with Gasteiger partial charge in [0.25, 0.3) is 0 Å². The maximum Gasteiger partial charge on any atom is 0.0845 e. The smallest absolute Gasteiger partial charge is 0.0845 e. The largest absolute Gasteiger partial charge is 0.390 e. The number of benzene rings is 3. The van der Waals surface area contributed by atoms with E-state index >= 15 is 0 Å². The highest BCUT2D eigenvalue weighted by Crippen LogP contribution is 2.41. The van der Waals surface area contributed by atoms with Gasteiger partial charge in [-0.25, -0.2) is 0 Å². The standard InChI is InChI=1S/C30H34N2O/c1-23-16-17-28-27(20-23)29(24-12-6-4-7-13-24)30(25-14-8-5-9-15-25)32(28)22-26(33)21-31-18-10-2-3-11-19-31/h4-9,12-17,20,26,33H,2-3,10-11,18-19,21-22H2,1H3/t26-/m1/s1. The zero-order valence-electron chi connectivity index (χ0n) is 19.6. The van der Waals surface area contributed by atoms with Gasteiger partial charge in [0, 0.05) is 23.0 Å². The SMILES string of the molecule is Cc1ccc2c(c1)c(-c1ccccc1)c(-c1ccccc1)n2C[C@H](O)CN1CCCCCC1. The minimum atomic E-state index is -0.411. The van der Waals surface area contributed by atoms with Crippen LogP contribution < -0.4 is 0 Å². The van der Waals surface area contributed by atoms with Crippen molar-refractivity contribution in [1.82, 2.24) is 9.47 Å². The van der Waals surface area contributed by atoms with Gasteiger partial charge in [-0.2, -0.15) is 0 Å². The van der Waals surface area contributed by atoms with E-state index in [9.17, 15) is 5.11 Å². The third kappa shape index (κ3) is 4.75. The highest BCUT2D eigenvalue weighted by Gasteiger charge is 2.22. The first-order chi connectivity index (χ1) is 16.2. The lowest BCUT2D eigenvalue weighted by Gasteiger charge is -2.24. The van der Waals surface area contributed by atoms with E-state index in [1.807, 2.05) is 0 Å². The van der Waals surface area contributed by atoms with Gasteiger partial charge in [0.2, 0.25) is 0 Å². The van der Waals surface area contributed by atoms with Crippen molar-refractivity contribution in [3.05, 3.63) is 84.4 Å². The second kappa shape index (κ2) is 9.94. The third-order valence-corrected chi connectivity index (χ3v) is 6.89. The number of β-amino-alcohol motifs (C(OH)–C–C–N with tert-alkyl or cyclic N) is 1. The fourth-order valence-corrected chi connectivity index (χ4v) is 5.34. The normalized spacial score (nSPS) is 16.1. The molecule has 3 heteroatoms. The molecular weight excluding hydrogens is 404 g/mol. The molecule has 1 saturated heterocycles. The quantitative estimate of drug-likeness (QED) is 0.371. The minimum absolute atomic E-state index is 0.411. The number of aryl methyl sites for hydroxylation is 1. The minimum Gasteiger partial charge on any atom is -0.390 e. The number of hydrogen-bond donors (Lipinski definition) is 1. The van der Waals surface area contributed by atoms with Gasteiger partial charge in [-0.05, 0) is 56.1 Å². The molecule has 0 aliphatic carbocycles. The molecule has 0 radical (unpaired) electrons. The molecule has 3 aromatic carbocycles. The van der Waals surface area contributed by atoms with Gasteiger partial charge in [-0.15, -0.1) is 0 Å². The van der Waals surface area contributed by atoms with Gasteiger partial charge in [0.1, 0.15) is 0 Å². The van der Waals surface area contributed by atoms with Crippen molar-refractivity contribution < 1.29 is 5.11 Å². The second-order valence-electron chi connectivity index (χ2n) is 9.46. The fraction of sp³-hybridized carbons (Fsp3) is 0.333. The van der Waals surface area contributed by atoms with E-state index in [0.29, 0.717) is 6.54 Å². The van der Waals surface area contributed by atoms with Gasteiger partial charge in [-0.1, -0.05) is 85.1 Å². The lowest BCUT2D eigenvalue weighted by Crippen LogP contribution is -2.35. The summed E-state index contributed by atoms with van der Waals surface area (Å²) in [5.74, 6) is 0. The summed E-state index contributed by atoms with van der Waals surface area (Å²) in [7, 11) is 0. The third-order valence-electron chi connectivity index (χ3n) is 6.89. The van der Waals surface area contributed by atoms with E-state index in [4.69, 9.17) is 0 Å². The Bertz CT molecular complexity index is 1190. The van der Waals surface area contributed by atoms with Gasteiger partial charge in [0.15, 0.2) is 0 Å². The molecular formula is C30H34N2O. The Morgan fingerprint density at radius 1 is 0.758 bits per heavy atom. The average Bonchev–Trinajstić information content (AvgIpc) is 2.96. The Labute approximate surface area is 197 Å². The zero-order chi connectivity index (χ0) is 22.6. The van der Waals surface area contributed by atoms with E-state index in [1.54, 1.807) is 0 Å². The molecule has 0 spiro atoms. The summed E-state index contributed by atoms with van der Waals surface area (Å²) in [5.41, 5.74) is 7.29. The molecule has 1 atom stereocenters. The molecule has 0 unspecified atom stereocenters. The van der Waals surface area contributed by atoms with E-state index < -0.39 is 6.10 Å². The molecule has 1 fully saturated rings. The Morgan fingerprint density at radius 3 is 2.06 bits per heavy atom. The lowest BCUT2D eigenvalue weighted by atomic mass is 9.98. The summed E-state index contributed by atoms with van der Waals surface area (Å²) >= 11 is 0. The van der Waals surface area contributed by atoms with Crippen molar-refractivity contribution in [3.63, 3.8) is 0 Å². The molecule has 1 aliphatic rings. The summed E-state index contributed by atoms with van der Waals surface area (Å²) in [6, 6.07) is 28.0. The molecule has 33 heavy (non-hydrogen) atoms. The first kappa shape index (κ1) is 21.9. The molecule has 0 bridgehead atoms. The van der Waals surface area contributed by atoms with E-state index in [2.05, 4.69) is 95.3 Å². The number of likely N-dealkylation sites (tertiary alicyclic amines) is 1. The molecule has 4 aromatic rings. The first-order valence-electron chi connectivity index (χ1n) is 12.3. The number of rotatable bonds is 6. The molecule has 3 nitrogen and oxygen atoms in total. The molecule has 1 aromatic heterocycles. The van der Waals surface area contributed by atoms with Crippen LogP contribution in [0.4, 0.5) is 0 Å². The molecule has 0 amide bonds. The van der Waals surface area contributed by atoms with Crippen molar-refractivity contribution >= 4 is 10.9 Å². The maximum absolute atomic E-state index is 11.2. The Balaban J connectivity index is 1.63. The van der Waals surface area contributed by atoms with Gasteiger partial charge < -0.3 is 14.6 Å². The zero-order valence-corrected chi connectivity index (χ0v) is 19.6. The van der Waals surface area contributed by atoms with Crippen molar-refractivity contribution in [1.29, 1.82) is 0 Å². The Morgan fingerprint density at radius 2 is 1.39 bits per heavy atom. The van der Waals surface area contributed by atoms with Crippen LogP contribution in [0.15, 0.2) is 78.9 Å². The summed E-state index contributed by atoms with van der Waals surface area (Å²) in [6.07, 6.45) is 4.70. The van der Waals surface area contributed by atoms with Crippen molar-refractivity contribution in [2.75, 3.05) is 19.6 Å². The Kier molecular flexibility index (Phi) is 6.61. The Hall–Kier alpha value is -2.88. The van der Waals surface area contributed by atoms with Crippen LogP contribution in [0.1, 0.15) is 31.2 Å². The maximum atomic E-state index is 11.2. The first-order valence-corrected chi connectivity index (χ1v) is 12.3. The van der Waals surface area contributed by atoms with Crippen LogP contribution in [0, 0.1) is 6.92 Å². The number of aliphatic hydroxyl groups is 1. The fourth-order valence-electron chi connectivity index (χ4n) is 5.34. The van der Waals surface area contributed by atoms with Crippen LogP contribution in [0.5, 0.6) is 0 Å². The van der Waals surface area contributed by atoms with Gasteiger partial charge in [0.05, 0.1) is 18.3 Å². The van der Waals surface area contributed by atoms with Crippen molar-refractivity contribution in [2.45, 2.75) is 45.3 Å². The number of nitrogens with zero attached hydrogens (tertiary/aromatic N) is 2. The van der Waals surface area contributed by atoms with Crippen LogP contribution in [-0.2, 0) is 6.54 Å². The van der Waals surface area contributed by atoms with Crippen LogP contribution in [-0.4, -0.2) is 40.3 Å². The van der Waals surface area contributed by atoms with E-state index in [-0.39, 0.29) is 0 Å². The lowest BCUT2D eigenvalue weighted by molar-refractivity contribution is 0.101. The van der Waals surface area contributed by atoms with Crippen molar-refractivity contribution in [3.8, 4) is 22.4 Å². The molecule has 1 N–H and O–H groups in total. The van der Waals surface area contributed by atoms with E-state index in [0.717, 1.165) is 19.6 Å². The predicted molar refractivity (Wildman–Crippen MR) is 138 cm³/mol. The summed E-state index contributed by atoms with van der Waals surface area (Å²) in [5, 5.41) is 12.5. The van der Waals surface area contributed by atoms with Crippen LogP contribution >= 0.6 is 0 Å². The van der Waals surface area contributed by atoms with Crippen LogP contribution in [0.3, 0.4) is 0 Å². The van der Waals surface area contributed by atoms with Gasteiger partial charge in [-0.3, -0.25) is 0 Å². The van der Waals surface area contributed by atoms with E-state index in [1.165, 1.54) is 64.5 Å². The molecule has 170 valence electrons. The molecule has 0 saturated carbocycles. The second-order valence-corrected chi connectivity index (χ2v) is 9.46. The number of aliphatic hydroxyl groups excluding tert-OH is 1. The monoisotopic (exact) mass is 438 g/mol. The summed E-state index contributed by atoms with van der Waals surface area (Å²) < 4.78 is 2.36. The summed E-state index contributed by atoms with van der Waals surface area (Å²) in [6.45, 7) is 5.68. The summed E-state index contributed by atoms with van der Waals surface area (Å²) in [4.78, 5) is 2.45. The number of aromatic nitrogens is 1. The molecule has 1 aliphatic heterocycles. The molecule has 5 rings (SSSR count). The van der Waals surface area contributed by atoms with Crippen LogP contribution in [0.2, 0.25) is 0 Å². The topological polar surface area (TPSA) is 28.4 Å². The predicted octanol–water partition coefficient (Wildman–Crippen LogP) is 6.52. The molecule has 2 heterocycles. The van der Waals surface area contributed by atoms with Gasteiger partial charge >= 0.3 is 0 Å².